The van der Waals surface area contributed by atoms with E-state index < -0.39 is 0 Å². The van der Waals surface area contributed by atoms with Gasteiger partial charge in [0.2, 0.25) is 0 Å². The van der Waals surface area contributed by atoms with Gasteiger partial charge in [-0.2, -0.15) is 0 Å². The first-order valence-electron chi connectivity index (χ1n) is 12.0. The molecule has 0 aliphatic heterocycles. The Kier molecular flexibility index (Phi) is 18.8. The van der Waals surface area contributed by atoms with Crippen LogP contribution in [0.3, 0.4) is 0 Å². The van der Waals surface area contributed by atoms with Crippen LogP contribution in [0.5, 0.6) is 0 Å². The standard InChI is InChI=1S/C24H36Cl2N2O6S2/c25-5-8-29-11-14-32-16-13-31-10-7-28-22-4-2-1-3-21(22)27-23(24(28)35)36-20-19-34-18-17-33-15-12-30-9-6-26/h1-4H,5-20H2. The van der Waals surface area contributed by atoms with Crippen molar-refractivity contribution < 1.29 is 28.4 Å². The third-order valence-corrected chi connectivity index (χ3v) is 6.46. The Hall–Kier alpha value is -0.530. The van der Waals surface area contributed by atoms with E-state index in [2.05, 4.69) is 4.57 Å². The minimum absolute atomic E-state index is 0.492. The lowest BCUT2D eigenvalue weighted by molar-refractivity contribution is 0.0159. The Morgan fingerprint density at radius 3 is 1.78 bits per heavy atom. The number of halogens is 2. The molecule has 1 aromatic heterocycles. The first kappa shape index (κ1) is 31.7. The van der Waals surface area contributed by atoms with Crippen molar-refractivity contribution in [3.05, 3.63) is 28.9 Å². The van der Waals surface area contributed by atoms with Crippen LogP contribution >= 0.6 is 47.2 Å². The lowest BCUT2D eigenvalue weighted by Crippen LogP contribution is -2.14. The largest absolute Gasteiger partial charge is 0.378 e. The summed E-state index contributed by atoms with van der Waals surface area (Å²) < 4.78 is 35.7. The highest BCUT2D eigenvalue weighted by Gasteiger charge is 2.09. The summed E-state index contributed by atoms with van der Waals surface area (Å²) >= 11 is 18.5. The predicted octanol–water partition coefficient (Wildman–Crippen LogP) is 4.44. The quantitative estimate of drug-likeness (QED) is 0.0818. The summed E-state index contributed by atoms with van der Waals surface area (Å²) in [5, 5.41) is 0.820. The number of alkyl halides is 2. The summed E-state index contributed by atoms with van der Waals surface area (Å²) in [6.07, 6.45) is 0. The number of para-hydroxylation sites is 2. The number of fused-ring (bicyclic) bond motifs is 1. The molecule has 0 amide bonds. The van der Waals surface area contributed by atoms with Gasteiger partial charge in [0.05, 0.1) is 90.3 Å². The fourth-order valence-electron chi connectivity index (χ4n) is 3.03. The van der Waals surface area contributed by atoms with Gasteiger partial charge in [-0.3, -0.25) is 0 Å². The third kappa shape index (κ3) is 13.3. The van der Waals surface area contributed by atoms with Gasteiger partial charge in [-0.25, -0.2) is 4.98 Å². The minimum Gasteiger partial charge on any atom is -0.378 e. The van der Waals surface area contributed by atoms with Crippen LogP contribution in [-0.4, -0.2) is 106 Å². The monoisotopic (exact) mass is 582 g/mol. The molecule has 0 atom stereocenters. The number of ether oxygens (including phenoxy) is 6. The maximum absolute atomic E-state index is 5.76. The molecule has 0 saturated carbocycles. The highest BCUT2D eigenvalue weighted by molar-refractivity contribution is 7.99. The molecule has 0 aliphatic rings. The molecule has 2 aromatic rings. The van der Waals surface area contributed by atoms with Gasteiger partial charge in [-0.05, 0) is 12.1 Å². The third-order valence-electron chi connectivity index (χ3n) is 4.68. The molecule has 8 nitrogen and oxygen atoms in total. The first-order valence-corrected chi connectivity index (χ1v) is 14.4. The molecular weight excluding hydrogens is 547 g/mol. The summed E-state index contributed by atoms with van der Waals surface area (Å²) in [5.41, 5.74) is 1.89. The van der Waals surface area contributed by atoms with Crippen molar-refractivity contribution >= 4 is 58.2 Å². The van der Waals surface area contributed by atoms with Crippen molar-refractivity contribution in [1.82, 2.24) is 9.55 Å². The van der Waals surface area contributed by atoms with Crippen LogP contribution in [0.1, 0.15) is 0 Å². The highest BCUT2D eigenvalue weighted by Crippen LogP contribution is 2.22. The van der Waals surface area contributed by atoms with E-state index >= 15 is 0 Å². The van der Waals surface area contributed by atoms with Crippen LogP contribution in [0.4, 0.5) is 0 Å². The number of hydrogen-bond donors (Lipinski definition) is 0. The number of thioether (sulfide) groups is 1. The smallest absolute Gasteiger partial charge is 0.139 e. The number of benzene rings is 1. The number of hydrogen-bond acceptors (Lipinski definition) is 9. The van der Waals surface area contributed by atoms with Gasteiger partial charge in [0, 0.05) is 24.1 Å². The average molecular weight is 584 g/mol. The van der Waals surface area contributed by atoms with E-state index in [1.54, 1.807) is 11.8 Å². The van der Waals surface area contributed by atoms with Gasteiger partial charge in [0.25, 0.3) is 0 Å². The lowest BCUT2D eigenvalue weighted by Gasteiger charge is -2.14. The minimum atomic E-state index is 0.492. The van der Waals surface area contributed by atoms with Crippen molar-refractivity contribution in [3.63, 3.8) is 0 Å². The van der Waals surface area contributed by atoms with Crippen molar-refractivity contribution in [2.45, 2.75) is 11.6 Å². The van der Waals surface area contributed by atoms with Crippen molar-refractivity contribution in [1.29, 1.82) is 0 Å². The molecular formula is C24H36Cl2N2O6S2. The molecule has 1 aromatic carbocycles. The van der Waals surface area contributed by atoms with E-state index in [-0.39, 0.29) is 0 Å². The molecule has 0 bridgehead atoms. The van der Waals surface area contributed by atoms with E-state index in [0.29, 0.717) is 102 Å². The fraction of sp³-hybridized carbons (Fsp3) is 0.667. The molecule has 0 radical (unpaired) electrons. The van der Waals surface area contributed by atoms with Crippen LogP contribution in [0, 0.1) is 4.64 Å². The SMILES string of the molecule is S=c1c(SCCOCCOCCOCCCl)nc2ccccc2n1CCOCCOCCOCCCl. The Morgan fingerprint density at radius 1 is 0.694 bits per heavy atom. The second kappa shape index (κ2) is 21.4. The van der Waals surface area contributed by atoms with Crippen molar-refractivity contribution in [2.24, 2.45) is 0 Å². The second-order valence-corrected chi connectivity index (χ2v) is 9.49. The molecule has 0 unspecified atom stereocenters. The Labute approximate surface area is 232 Å². The maximum atomic E-state index is 5.76. The van der Waals surface area contributed by atoms with Gasteiger partial charge in [0.15, 0.2) is 0 Å². The van der Waals surface area contributed by atoms with E-state index in [0.717, 1.165) is 21.8 Å². The van der Waals surface area contributed by atoms with Gasteiger partial charge in [-0.1, -0.05) is 24.4 Å². The van der Waals surface area contributed by atoms with E-state index in [4.69, 9.17) is 68.8 Å². The summed E-state index contributed by atoms with van der Waals surface area (Å²) in [6, 6.07) is 7.99. The Bertz CT molecular complexity index is 893. The molecule has 204 valence electrons. The summed E-state index contributed by atoms with van der Waals surface area (Å²) in [7, 11) is 0. The topological polar surface area (TPSA) is 73.2 Å². The van der Waals surface area contributed by atoms with Crippen LogP contribution < -0.4 is 0 Å². The van der Waals surface area contributed by atoms with Gasteiger partial charge in [0.1, 0.15) is 9.67 Å². The van der Waals surface area contributed by atoms with Crippen LogP contribution in [0.25, 0.3) is 11.0 Å². The summed E-state index contributed by atoms with van der Waals surface area (Å²) in [5.74, 6) is 1.73. The van der Waals surface area contributed by atoms with Gasteiger partial charge >= 0.3 is 0 Å². The summed E-state index contributed by atoms with van der Waals surface area (Å²) in [6.45, 7) is 7.06. The first-order chi connectivity index (χ1) is 17.8. The molecule has 36 heavy (non-hydrogen) atoms. The average Bonchev–Trinajstić information content (AvgIpc) is 2.89. The van der Waals surface area contributed by atoms with Crippen molar-refractivity contribution in [2.75, 3.05) is 96.8 Å². The van der Waals surface area contributed by atoms with Crippen molar-refractivity contribution in [3.8, 4) is 0 Å². The zero-order valence-electron chi connectivity index (χ0n) is 20.5. The Balaban J connectivity index is 1.71. The number of rotatable bonds is 23. The summed E-state index contributed by atoms with van der Waals surface area (Å²) in [4.78, 5) is 4.77. The molecule has 0 N–H and O–H groups in total. The molecule has 0 aliphatic carbocycles. The number of nitrogens with zero attached hydrogens (tertiary/aromatic N) is 2. The lowest BCUT2D eigenvalue weighted by atomic mass is 10.3. The molecule has 0 fully saturated rings. The van der Waals surface area contributed by atoms with Crippen LogP contribution in [0.15, 0.2) is 29.3 Å². The Morgan fingerprint density at radius 2 is 1.19 bits per heavy atom. The zero-order chi connectivity index (χ0) is 25.7. The van der Waals surface area contributed by atoms with Gasteiger partial charge in [-0.15, -0.1) is 35.0 Å². The second-order valence-electron chi connectivity index (χ2n) is 7.26. The fourth-order valence-corrected chi connectivity index (χ4v) is 4.45. The normalized spacial score (nSPS) is 11.5. The highest BCUT2D eigenvalue weighted by atomic mass is 35.5. The molecule has 0 spiro atoms. The van der Waals surface area contributed by atoms with E-state index in [9.17, 15) is 0 Å². The molecule has 1 heterocycles. The molecule has 2 rings (SSSR count). The maximum Gasteiger partial charge on any atom is 0.139 e. The zero-order valence-corrected chi connectivity index (χ0v) is 23.7. The van der Waals surface area contributed by atoms with Gasteiger partial charge < -0.3 is 33.0 Å². The molecule has 12 heteroatoms. The van der Waals surface area contributed by atoms with Crippen LogP contribution in [-0.2, 0) is 35.0 Å². The van der Waals surface area contributed by atoms with E-state index in [1.807, 2.05) is 24.3 Å². The number of aromatic nitrogens is 2. The predicted molar refractivity (Wildman–Crippen MR) is 148 cm³/mol. The van der Waals surface area contributed by atoms with E-state index in [1.165, 1.54) is 0 Å². The molecule has 0 saturated heterocycles. The van der Waals surface area contributed by atoms with Crippen LogP contribution in [0.2, 0.25) is 0 Å².